The van der Waals surface area contributed by atoms with E-state index in [0.717, 1.165) is 49.0 Å². The third-order valence-electron chi connectivity index (χ3n) is 6.51. The molecular formula is C26H32N2O4. The minimum atomic E-state index is 0.0130. The highest BCUT2D eigenvalue weighted by Crippen LogP contribution is 2.37. The molecule has 6 nitrogen and oxygen atoms in total. The maximum absolute atomic E-state index is 11.6. The summed E-state index contributed by atoms with van der Waals surface area (Å²) in [6.07, 6.45) is 3.12. The van der Waals surface area contributed by atoms with Crippen molar-refractivity contribution in [1.29, 1.82) is 0 Å². The molecule has 3 aromatic rings. The minimum absolute atomic E-state index is 0.0130. The van der Waals surface area contributed by atoms with Gasteiger partial charge < -0.3 is 19.3 Å². The maximum Gasteiger partial charge on any atom is 0.167 e. The number of piperidine rings is 1. The van der Waals surface area contributed by atoms with Gasteiger partial charge in [-0.15, -0.1) is 0 Å². The van der Waals surface area contributed by atoms with Gasteiger partial charge in [-0.2, -0.15) is 0 Å². The summed E-state index contributed by atoms with van der Waals surface area (Å²) < 4.78 is 17.0. The molecule has 0 bridgehead atoms. The summed E-state index contributed by atoms with van der Waals surface area (Å²) in [5.74, 6) is 2.71. The molecule has 2 aromatic carbocycles. The van der Waals surface area contributed by atoms with Crippen molar-refractivity contribution in [3.05, 3.63) is 53.7 Å². The first-order valence-corrected chi connectivity index (χ1v) is 11.4. The van der Waals surface area contributed by atoms with Crippen molar-refractivity contribution in [2.24, 2.45) is 11.8 Å². The van der Waals surface area contributed by atoms with Crippen LogP contribution in [0.1, 0.15) is 55.1 Å². The van der Waals surface area contributed by atoms with E-state index in [1.165, 1.54) is 0 Å². The van der Waals surface area contributed by atoms with E-state index in [9.17, 15) is 4.79 Å². The number of ketones is 1. The molecule has 170 valence electrons. The third-order valence-corrected chi connectivity index (χ3v) is 6.51. The topological polar surface area (TPSA) is 73.6 Å². The Kier molecular flexibility index (Phi) is 7.10. The molecule has 0 amide bonds. The van der Waals surface area contributed by atoms with Crippen LogP contribution < -0.4 is 14.8 Å². The van der Waals surface area contributed by atoms with Gasteiger partial charge >= 0.3 is 0 Å². The second-order valence-corrected chi connectivity index (χ2v) is 8.82. The van der Waals surface area contributed by atoms with E-state index in [-0.39, 0.29) is 5.78 Å². The van der Waals surface area contributed by atoms with Crippen molar-refractivity contribution in [3.8, 4) is 11.5 Å². The first kappa shape index (κ1) is 22.3. The number of nitrogens with zero attached hydrogens (tertiary/aromatic N) is 1. The van der Waals surface area contributed by atoms with Gasteiger partial charge in [0, 0.05) is 16.9 Å². The zero-order valence-corrected chi connectivity index (χ0v) is 19.1. The Morgan fingerprint density at radius 2 is 2.09 bits per heavy atom. The number of Topliss-reactive ketones (excluding diaryl/α,β-unsaturated/α-hetero) is 1. The predicted molar refractivity (Wildman–Crippen MR) is 125 cm³/mol. The van der Waals surface area contributed by atoms with E-state index in [4.69, 9.17) is 14.0 Å². The molecular weight excluding hydrogens is 404 g/mol. The van der Waals surface area contributed by atoms with Gasteiger partial charge in [0.1, 0.15) is 0 Å². The quantitative estimate of drug-likeness (QED) is 0.463. The van der Waals surface area contributed by atoms with Crippen molar-refractivity contribution in [3.63, 3.8) is 0 Å². The fourth-order valence-corrected chi connectivity index (χ4v) is 4.71. The average molecular weight is 437 g/mol. The van der Waals surface area contributed by atoms with Crippen LogP contribution in [-0.4, -0.2) is 37.7 Å². The summed E-state index contributed by atoms with van der Waals surface area (Å²) in [5, 5.41) is 9.15. The zero-order valence-electron chi connectivity index (χ0n) is 19.1. The summed E-state index contributed by atoms with van der Waals surface area (Å²) >= 11 is 0. The number of aromatic nitrogens is 1. The van der Waals surface area contributed by atoms with Gasteiger partial charge in [0.2, 0.25) is 0 Å². The van der Waals surface area contributed by atoms with Gasteiger partial charge in [-0.1, -0.05) is 24.2 Å². The first-order valence-electron chi connectivity index (χ1n) is 11.4. The zero-order chi connectivity index (χ0) is 22.5. The molecule has 1 saturated heterocycles. The second kappa shape index (κ2) is 10.2. The molecule has 6 heteroatoms. The highest BCUT2D eigenvalue weighted by molar-refractivity contribution is 5.94. The molecule has 0 radical (unpaired) electrons. The van der Waals surface area contributed by atoms with Crippen molar-refractivity contribution in [1.82, 2.24) is 10.5 Å². The molecule has 0 aliphatic carbocycles. The molecule has 1 aromatic heterocycles. The Labute approximate surface area is 189 Å². The second-order valence-electron chi connectivity index (χ2n) is 8.82. The molecule has 2 heterocycles. The van der Waals surface area contributed by atoms with Crippen LogP contribution in [0.5, 0.6) is 11.5 Å². The summed E-state index contributed by atoms with van der Waals surface area (Å²) in [5.41, 5.74) is 2.59. The normalized spacial score (nSPS) is 19.6. The predicted octanol–water partition coefficient (Wildman–Crippen LogP) is 5.23. The Bertz CT molecular complexity index is 1060. The number of methoxy groups -OCH3 is 1. The number of rotatable bonds is 9. The van der Waals surface area contributed by atoms with E-state index < -0.39 is 0 Å². The fraction of sp³-hybridized carbons (Fsp3) is 0.462. The highest BCUT2D eigenvalue weighted by Gasteiger charge is 2.31. The summed E-state index contributed by atoms with van der Waals surface area (Å²) in [4.78, 5) is 11.6. The van der Waals surface area contributed by atoms with Crippen LogP contribution in [0.4, 0.5) is 0 Å². The molecule has 1 aliphatic rings. The van der Waals surface area contributed by atoms with Gasteiger partial charge in [0.05, 0.1) is 19.4 Å². The SMILES string of the molecule is COc1cc(C(C)=O)ccc1OCCC(C)CC1CNCCC1c1noc2ccccc12. The number of hydrogen-bond donors (Lipinski definition) is 1. The number of benzene rings is 2. The van der Waals surface area contributed by atoms with Gasteiger partial charge in [0.15, 0.2) is 22.9 Å². The molecule has 1 N–H and O–H groups in total. The lowest BCUT2D eigenvalue weighted by Gasteiger charge is -2.33. The van der Waals surface area contributed by atoms with Crippen LogP contribution in [0.3, 0.4) is 0 Å². The van der Waals surface area contributed by atoms with Crippen LogP contribution in [0.25, 0.3) is 11.0 Å². The Morgan fingerprint density at radius 3 is 2.91 bits per heavy atom. The number of hydrogen-bond acceptors (Lipinski definition) is 6. The Balaban J connectivity index is 1.36. The number of para-hydroxylation sites is 1. The van der Waals surface area contributed by atoms with Crippen LogP contribution in [0.15, 0.2) is 47.0 Å². The monoisotopic (exact) mass is 436 g/mol. The molecule has 0 saturated carbocycles. The third kappa shape index (κ3) is 4.96. The van der Waals surface area contributed by atoms with Gasteiger partial charge in [0.25, 0.3) is 0 Å². The number of ether oxygens (including phenoxy) is 2. The van der Waals surface area contributed by atoms with Crippen LogP contribution >= 0.6 is 0 Å². The maximum atomic E-state index is 11.6. The van der Waals surface area contributed by atoms with Crippen molar-refractivity contribution in [2.75, 3.05) is 26.8 Å². The largest absolute Gasteiger partial charge is 0.493 e. The molecule has 1 fully saturated rings. The first-order chi connectivity index (χ1) is 15.6. The van der Waals surface area contributed by atoms with Crippen LogP contribution in [-0.2, 0) is 0 Å². The smallest absolute Gasteiger partial charge is 0.167 e. The fourth-order valence-electron chi connectivity index (χ4n) is 4.71. The average Bonchev–Trinajstić information content (AvgIpc) is 3.23. The lowest BCUT2D eigenvalue weighted by molar-refractivity contribution is 0.101. The molecule has 3 atom stereocenters. The van der Waals surface area contributed by atoms with Crippen LogP contribution in [0.2, 0.25) is 0 Å². The lowest BCUT2D eigenvalue weighted by Crippen LogP contribution is -2.36. The highest BCUT2D eigenvalue weighted by atomic mass is 16.5. The number of carbonyl (C=O) groups excluding carboxylic acids is 1. The van der Waals surface area contributed by atoms with Crippen LogP contribution in [0, 0.1) is 11.8 Å². The molecule has 4 rings (SSSR count). The summed E-state index contributed by atoms with van der Waals surface area (Å²) in [6, 6.07) is 13.5. The van der Waals surface area contributed by atoms with Gasteiger partial charge in [-0.25, -0.2) is 0 Å². The van der Waals surface area contributed by atoms with Crippen molar-refractivity contribution >= 4 is 16.8 Å². The summed E-state index contributed by atoms with van der Waals surface area (Å²) in [6.45, 7) is 6.44. The van der Waals surface area contributed by atoms with E-state index in [1.54, 1.807) is 26.2 Å². The molecule has 3 unspecified atom stereocenters. The number of carbonyl (C=O) groups is 1. The number of nitrogens with one attached hydrogen (secondary N) is 1. The van der Waals surface area contributed by atoms with Crippen molar-refractivity contribution < 1.29 is 18.8 Å². The van der Waals surface area contributed by atoms with Gasteiger partial charge in [-0.05, 0) is 81.4 Å². The molecule has 0 spiro atoms. The molecule has 1 aliphatic heterocycles. The minimum Gasteiger partial charge on any atom is -0.493 e. The summed E-state index contributed by atoms with van der Waals surface area (Å²) in [7, 11) is 1.60. The van der Waals surface area contributed by atoms with E-state index in [0.29, 0.717) is 41.4 Å². The van der Waals surface area contributed by atoms with E-state index >= 15 is 0 Å². The van der Waals surface area contributed by atoms with E-state index in [2.05, 4.69) is 29.5 Å². The Morgan fingerprint density at radius 1 is 1.25 bits per heavy atom. The van der Waals surface area contributed by atoms with E-state index in [1.807, 2.05) is 18.2 Å². The Hall–Kier alpha value is -2.86. The van der Waals surface area contributed by atoms with Gasteiger partial charge in [-0.3, -0.25) is 4.79 Å². The number of fused-ring (bicyclic) bond motifs is 1. The molecule has 32 heavy (non-hydrogen) atoms. The lowest BCUT2D eigenvalue weighted by atomic mass is 9.78. The van der Waals surface area contributed by atoms with Crippen molar-refractivity contribution in [2.45, 2.75) is 39.0 Å². The standard InChI is InChI=1S/C26H32N2O4/c1-17(11-13-31-24-9-8-19(18(2)29)15-25(24)30-3)14-20-16-27-12-10-21(20)26-22-6-4-5-7-23(22)32-28-26/h4-9,15,17,20-21,27H,10-14,16H2,1-3H3.